The lowest BCUT2D eigenvalue weighted by molar-refractivity contribution is -0.141. The van der Waals surface area contributed by atoms with Crippen molar-refractivity contribution >= 4 is 27.6 Å². The number of likely N-dealkylation sites (N-methyl/N-ethyl adjacent to an activating group) is 1. The van der Waals surface area contributed by atoms with Crippen LogP contribution in [0.5, 0.6) is 0 Å². The number of benzene rings is 1. The van der Waals surface area contributed by atoms with Crippen LogP contribution in [0.3, 0.4) is 0 Å². The summed E-state index contributed by atoms with van der Waals surface area (Å²) < 4.78 is 28.2. The molecule has 3 rings (SSSR count). The summed E-state index contributed by atoms with van der Waals surface area (Å²) in [6.07, 6.45) is 3.33. The zero-order chi connectivity index (χ0) is 19.6. The van der Waals surface area contributed by atoms with Gasteiger partial charge in [0.15, 0.2) is 0 Å². The van der Waals surface area contributed by atoms with E-state index in [0.717, 1.165) is 0 Å². The second kappa shape index (κ2) is 7.49. The molecule has 10 heteroatoms. The molecular weight excluding hydrogens is 372 g/mol. The molecule has 1 aromatic heterocycles. The predicted molar refractivity (Wildman–Crippen MR) is 96.6 cm³/mol. The van der Waals surface area contributed by atoms with Crippen LogP contribution in [0.15, 0.2) is 47.6 Å². The average molecular weight is 392 g/mol. The van der Waals surface area contributed by atoms with Gasteiger partial charge < -0.3 is 10.0 Å². The number of anilines is 1. The van der Waals surface area contributed by atoms with Crippen LogP contribution >= 0.6 is 0 Å². The fourth-order valence-electron chi connectivity index (χ4n) is 2.90. The van der Waals surface area contributed by atoms with E-state index < -0.39 is 21.9 Å². The van der Waals surface area contributed by atoms with E-state index in [0.29, 0.717) is 12.2 Å². The van der Waals surface area contributed by atoms with Crippen molar-refractivity contribution in [1.82, 2.24) is 14.1 Å². The summed E-state index contributed by atoms with van der Waals surface area (Å²) in [7, 11) is -2.18. The van der Waals surface area contributed by atoms with Gasteiger partial charge in [-0.2, -0.15) is 9.40 Å². The molecule has 1 saturated heterocycles. The number of amides is 1. The number of aromatic nitrogens is 2. The minimum Gasteiger partial charge on any atom is -0.481 e. The van der Waals surface area contributed by atoms with E-state index in [1.165, 1.54) is 40.5 Å². The molecule has 144 valence electrons. The third kappa shape index (κ3) is 4.01. The Morgan fingerprint density at radius 3 is 2.59 bits per heavy atom. The van der Waals surface area contributed by atoms with Gasteiger partial charge in [-0.3, -0.25) is 14.3 Å². The molecule has 0 bridgehead atoms. The van der Waals surface area contributed by atoms with Crippen LogP contribution < -0.4 is 4.90 Å². The summed E-state index contributed by atoms with van der Waals surface area (Å²) in [5.41, 5.74) is 0.488. The van der Waals surface area contributed by atoms with Crippen LogP contribution in [-0.4, -0.2) is 59.6 Å². The third-order valence-corrected chi connectivity index (χ3v) is 6.41. The zero-order valence-electron chi connectivity index (χ0n) is 14.7. The van der Waals surface area contributed by atoms with E-state index >= 15 is 0 Å². The van der Waals surface area contributed by atoms with Crippen molar-refractivity contribution in [3.05, 3.63) is 42.7 Å². The highest BCUT2D eigenvalue weighted by molar-refractivity contribution is 7.89. The summed E-state index contributed by atoms with van der Waals surface area (Å²) in [6, 6.07) is 7.67. The van der Waals surface area contributed by atoms with Crippen molar-refractivity contribution < 1.29 is 23.1 Å². The largest absolute Gasteiger partial charge is 0.481 e. The maximum absolute atomic E-state index is 12.7. The van der Waals surface area contributed by atoms with Crippen molar-refractivity contribution in [2.24, 2.45) is 5.92 Å². The molecule has 0 aliphatic carbocycles. The molecule has 0 saturated carbocycles. The first-order valence-corrected chi connectivity index (χ1v) is 9.80. The molecule has 1 fully saturated rings. The van der Waals surface area contributed by atoms with Gasteiger partial charge in [0.25, 0.3) is 0 Å². The average Bonchev–Trinajstić information content (AvgIpc) is 3.29. The SMILES string of the molecule is CN(CCn1cccn1)S(=O)(=O)c1ccc(N2CC(C(=O)O)CC2=O)cc1. The molecule has 9 nitrogen and oxygen atoms in total. The van der Waals surface area contributed by atoms with Gasteiger partial charge in [0.1, 0.15) is 0 Å². The van der Waals surface area contributed by atoms with Gasteiger partial charge in [-0.1, -0.05) is 0 Å². The van der Waals surface area contributed by atoms with Gasteiger partial charge in [-0.05, 0) is 30.3 Å². The highest BCUT2D eigenvalue weighted by atomic mass is 32.2. The van der Waals surface area contributed by atoms with Crippen LogP contribution in [0.1, 0.15) is 6.42 Å². The number of carboxylic acid groups (broad SMARTS) is 1. The van der Waals surface area contributed by atoms with Gasteiger partial charge in [0.2, 0.25) is 15.9 Å². The summed E-state index contributed by atoms with van der Waals surface area (Å²) in [5, 5.41) is 13.1. The number of carbonyl (C=O) groups is 2. The lowest BCUT2D eigenvalue weighted by Crippen LogP contribution is -2.30. The highest BCUT2D eigenvalue weighted by Crippen LogP contribution is 2.27. The normalized spacial score (nSPS) is 17.6. The smallest absolute Gasteiger partial charge is 0.308 e. The molecule has 1 aliphatic rings. The van der Waals surface area contributed by atoms with Crippen LogP contribution in [0.2, 0.25) is 0 Å². The van der Waals surface area contributed by atoms with E-state index in [2.05, 4.69) is 5.10 Å². The standard InChI is InChI=1S/C17H20N4O5S/c1-19(9-10-20-8-2-7-18-20)27(25,26)15-5-3-14(4-6-15)21-12-13(17(23)24)11-16(21)22/h2-8,13H,9-12H2,1H3,(H,23,24). The molecule has 1 unspecified atom stereocenters. The van der Waals surface area contributed by atoms with E-state index in [9.17, 15) is 18.0 Å². The van der Waals surface area contributed by atoms with Crippen LogP contribution in [0, 0.1) is 5.92 Å². The molecule has 2 aromatic rings. The van der Waals surface area contributed by atoms with E-state index in [1.807, 2.05) is 0 Å². The maximum atomic E-state index is 12.7. The number of hydrogen-bond acceptors (Lipinski definition) is 5. The van der Waals surface area contributed by atoms with E-state index in [-0.39, 0.29) is 30.3 Å². The minimum atomic E-state index is -3.68. The molecule has 0 spiro atoms. The predicted octanol–water partition coefficient (Wildman–Crippen LogP) is 0.641. The van der Waals surface area contributed by atoms with Crippen molar-refractivity contribution in [3.63, 3.8) is 0 Å². The monoisotopic (exact) mass is 392 g/mol. The Bertz CT molecular complexity index is 925. The number of carbonyl (C=O) groups excluding carboxylic acids is 1. The van der Waals surface area contributed by atoms with Gasteiger partial charge >= 0.3 is 5.97 Å². The van der Waals surface area contributed by atoms with Gasteiger partial charge in [-0.15, -0.1) is 0 Å². The molecule has 2 heterocycles. The van der Waals surface area contributed by atoms with Crippen molar-refractivity contribution in [3.8, 4) is 0 Å². The number of sulfonamides is 1. The first-order chi connectivity index (χ1) is 12.8. The summed E-state index contributed by atoms with van der Waals surface area (Å²) in [6.45, 7) is 0.778. The Balaban J connectivity index is 1.70. The second-order valence-corrected chi connectivity index (χ2v) is 8.38. The van der Waals surface area contributed by atoms with Gasteiger partial charge in [0, 0.05) is 44.6 Å². The van der Waals surface area contributed by atoms with Gasteiger partial charge in [0.05, 0.1) is 17.4 Å². The summed E-state index contributed by atoms with van der Waals surface area (Å²) in [5.74, 6) is -2.03. The summed E-state index contributed by atoms with van der Waals surface area (Å²) in [4.78, 5) is 24.5. The fraction of sp³-hybridized carbons (Fsp3) is 0.353. The fourth-order valence-corrected chi connectivity index (χ4v) is 4.06. The second-order valence-electron chi connectivity index (χ2n) is 6.33. The van der Waals surface area contributed by atoms with Crippen LogP contribution in [-0.2, 0) is 26.2 Å². The van der Waals surface area contributed by atoms with E-state index in [1.54, 1.807) is 23.1 Å². The number of nitrogens with zero attached hydrogens (tertiary/aromatic N) is 4. The van der Waals surface area contributed by atoms with E-state index in [4.69, 9.17) is 5.11 Å². The third-order valence-electron chi connectivity index (χ3n) is 4.53. The molecule has 1 aliphatic heterocycles. The lowest BCUT2D eigenvalue weighted by atomic mass is 10.1. The molecule has 27 heavy (non-hydrogen) atoms. The Kier molecular flexibility index (Phi) is 5.29. The quantitative estimate of drug-likeness (QED) is 0.740. The number of rotatable bonds is 7. The lowest BCUT2D eigenvalue weighted by Gasteiger charge is -2.19. The number of carboxylic acids is 1. The Morgan fingerprint density at radius 1 is 1.33 bits per heavy atom. The Labute approximate surface area is 156 Å². The first-order valence-electron chi connectivity index (χ1n) is 8.36. The molecule has 1 amide bonds. The minimum absolute atomic E-state index is 0.0501. The van der Waals surface area contributed by atoms with Crippen LogP contribution in [0.4, 0.5) is 5.69 Å². The maximum Gasteiger partial charge on any atom is 0.308 e. The Morgan fingerprint density at radius 2 is 2.04 bits per heavy atom. The van der Waals surface area contributed by atoms with Crippen molar-refractivity contribution in [2.45, 2.75) is 17.9 Å². The van der Waals surface area contributed by atoms with Crippen LogP contribution in [0.25, 0.3) is 0 Å². The first kappa shape index (κ1) is 19.1. The zero-order valence-corrected chi connectivity index (χ0v) is 15.5. The molecule has 1 N–H and O–H groups in total. The van der Waals surface area contributed by atoms with Crippen molar-refractivity contribution in [1.29, 1.82) is 0 Å². The molecular formula is C17H20N4O5S. The molecule has 0 radical (unpaired) electrons. The van der Waals surface area contributed by atoms with Gasteiger partial charge in [-0.25, -0.2) is 8.42 Å². The molecule has 1 atom stereocenters. The number of aliphatic carboxylic acids is 1. The molecule has 1 aromatic carbocycles. The topological polar surface area (TPSA) is 113 Å². The highest BCUT2D eigenvalue weighted by Gasteiger charge is 2.35. The summed E-state index contributed by atoms with van der Waals surface area (Å²) >= 11 is 0. The van der Waals surface area contributed by atoms with Crippen molar-refractivity contribution in [2.75, 3.05) is 25.0 Å². The number of hydrogen-bond donors (Lipinski definition) is 1. The Hall–Kier alpha value is -2.72.